The van der Waals surface area contributed by atoms with Gasteiger partial charge in [0.2, 0.25) is 0 Å². The number of rotatable bonds is 0. The minimum absolute atomic E-state index is 0.418. The van der Waals surface area contributed by atoms with E-state index in [1.807, 2.05) is 0 Å². The minimum atomic E-state index is 0.418. The van der Waals surface area contributed by atoms with Crippen LogP contribution in [0.1, 0.15) is 26.7 Å². The van der Waals surface area contributed by atoms with Crippen molar-refractivity contribution in [2.75, 3.05) is 6.61 Å². The quantitative estimate of drug-likeness (QED) is 0.503. The fourth-order valence-corrected chi connectivity index (χ4v) is 2.60. The molecule has 0 N–H and O–H groups in total. The summed E-state index contributed by atoms with van der Waals surface area (Å²) in [7, 11) is 0. The molecule has 0 unspecified atom stereocenters. The fourth-order valence-electron chi connectivity index (χ4n) is 2.60. The molecule has 0 aromatic heterocycles. The lowest BCUT2D eigenvalue weighted by molar-refractivity contribution is -0.0626. The Morgan fingerprint density at radius 3 is 2.92 bits per heavy atom. The van der Waals surface area contributed by atoms with E-state index in [9.17, 15) is 0 Å². The van der Waals surface area contributed by atoms with Gasteiger partial charge < -0.3 is 4.74 Å². The normalized spacial score (nSPS) is 47.7. The number of hydrogen-bond donors (Lipinski definition) is 0. The second kappa shape index (κ2) is 2.88. The van der Waals surface area contributed by atoms with E-state index in [0.717, 1.165) is 18.4 Å². The Labute approximate surface area is 74.8 Å². The predicted octanol–water partition coefficient (Wildman–Crippen LogP) is 2.62. The van der Waals surface area contributed by atoms with E-state index >= 15 is 0 Å². The molecule has 1 saturated carbocycles. The second-order valence-electron chi connectivity index (χ2n) is 4.48. The molecule has 1 heteroatoms. The summed E-state index contributed by atoms with van der Waals surface area (Å²) in [6, 6.07) is 0. The van der Waals surface area contributed by atoms with Crippen molar-refractivity contribution in [3.8, 4) is 0 Å². The molecule has 1 saturated heterocycles. The van der Waals surface area contributed by atoms with Crippen molar-refractivity contribution in [3.63, 3.8) is 0 Å². The summed E-state index contributed by atoms with van der Waals surface area (Å²) in [5.41, 5.74) is 1.42. The zero-order valence-electron chi connectivity index (χ0n) is 8.05. The molecule has 4 atom stereocenters. The molecule has 1 nitrogen and oxygen atoms in total. The average molecular weight is 166 g/mol. The van der Waals surface area contributed by atoms with Gasteiger partial charge in [0, 0.05) is 5.92 Å². The van der Waals surface area contributed by atoms with Gasteiger partial charge in [-0.15, -0.1) is 0 Å². The SMILES string of the molecule is C=C1C[C@@H](C)[C@@H]2CO[C@H](C)[C@@H]1C2. The molecule has 0 radical (unpaired) electrons. The summed E-state index contributed by atoms with van der Waals surface area (Å²) in [5.74, 6) is 2.25. The summed E-state index contributed by atoms with van der Waals surface area (Å²) in [6.45, 7) is 9.64. The summed E-state index contributed by atoms with van der Waals surface area (Å²) >= 11 is 0. The summed E-state index contributed by atoms with van der Waals surface area (Å²) in [5, 5.41) is 0. The smallest absolute Gasteiger partial charge is 0.0612 e. The van der Waals surface area contributed by atoms with Gasteiger partial charge in [-0.2, -0.15) is 0 Å². The van der Waals surface area contributed by atoms with E-state index in [2.05, 4.69) is 20.4 Å². The highest BCUT2D eigenvalue weighted by molar-refractivity contribution is 5.10. The first-order valence-electron chi connectivity index (χ1n) is 4.97. The first-order chi connectivity index (χ1) is 5.68. The fraction of sp³-hybridized carbons (Fsp3) is 0.818. The molecule has 1 heterocycles. The lowest BCUT2D eigenvalue weighted by Crippen LogP contribution is -2.40. The van der Waals surface area contributed by atoms with Crippen molar-refractivity contribution in [3.05, 3.63) is 12.2 Å². The molecule has 0 spiro atoms. The minimum Gasteiger partial charge on any atom is -0.378 e. The van der Waals surface area contributed by atoms with Crippen molar-refractivity contribution >= 4 is 0 Å². The van der Waals surface area contributed by atoms with Crippen LogP contribution in [0.3, 0.4) is 0 Å². The third-order valence-corrected chi connectivity index (χ3v) is 3.61. The van der Waals surface area contributed by atoms with Gasteiger partial charge in [0.05, 0.1) is 12.7 Å². The van der Waals surface area contributed by atoms with E-state index < -0.39 is 0 Å². The maximum absolute atomic E-state index is 5.72. The highest BCUT2D eigenvalue weighted by Crippen LogP contribution is 2.42. The van der Waals surface area contributed by atoms with Crippen LogP contribution in [0.25, 0.3) is 0 Å². The van der Waals surface area contributed by atoms with Crippen LogP contribution in [0.5, 0.6) is 0 Å². The predicted molar refractivity (Wildman–Crippen MR) is 49.9 cm³/mol. The molecule has 2 rings (SSSR count). The highest BCUT2D eigenvalue weighted by Gasteiger charge is 2.37. The molecule has 1 aliphatic carbocycles. The zero-order valence-corrected chi connectivity index (χ0v) is 8.05. The molecule has 2 bridgehead atoms. The van der Waals surface area contributed by atoms with Gasteiger partial charge in [0.1, 0.15) is 0 Å². The van der Waals surface area contributed by atoms with Crippen molar-refractivity contribution in [2.45, 2.75) is 32.8 Å². The Hall–Kier alpha value is -0.300. The number of fused-ring (bicyclic) bond motifs is 2. The van der Waals surface area contributed by atoms with Crippen LogP contribution < -0.4 is 0 Å². The standard InChI is InChI=1S/C11H18O/c1-7-4-8(2)11-5-10(7)6-12-9(11)3/h7,9-11H,2,4-6H2,1,3H3/t7-,9-,10+,11-/m1/s1. The van der Waals surface area contributed by atoms with Gasteiger partial charge in [-0.3, -0.25) is 0 Å². The molecule has 12 heavy (non-hydrogen) atoms. The van der Waals surface area contributed by atoms with E-state index in [1.54, 1.807) is 0 Å². The third-order valence-electron chi connectivity index (χ3n) is 3.61. The molecule has 0 amide bonds. The van der Waals surface area contributed by atoms with Crippen LogP contribution in [0.15, 0.2) is 12.2 Å². The van der Waals surface area contributed by atoms with E-state index in [4.69, 9.17) is 4.74 Å². The van der Waals surface area contributed by atoms with Crippen LogP contribution in [-0.2, 0) is 4.74 Å². The molecule has 2 aliphatic rings. The third kappa shape index (κ3) is 1.20. The average Bonchev–Trinajstić information content (AvgIpc) is 2.03. The summed E-state index contributed by atoms with van der Waals surface area (Å²) in [6.07, 6.45) is 2.96. The summed E-state index contributed by atoms with van der Waals surface area (Å²) < 4.78 is 5.72. The van der Waals surface area contributed by atoms with Crippen LogP contribution >= 0.6 is 0 Å². The van der Waals surface area contributed by atoms with Crippen molar-refractivity contribution < 1.29 is 4.74 Å². The van der Waals surface area contributed by atoms with Gasteiger partial charge in [0.25, 0.3) is 0 Å². The van der Waals surface area contributed by atoms with Crippen LogP contribution in [0.4, 0.5) is 0 Å². The van der Waals surface area contributed by atoms with Gasteiger partial charge in [-0.25, -0.2) is 0 Å². The van der Waals surface area contributed by atoms with Gasteiger partial charge in [0.15, 0.2) is 0 Å². The Morgan fingerprint density at radius 1 is 1.42 bits per heavy atom. The van der Waals surface area contributed by atoms with Crippen molar-refractivity contribution in [1.29, 1.82) is 0 Å². The monoisotopic (exact) mass is 166 g/mol. The lowest BCUT2D eigenvalue weighted by atomic mass is 9.69. The molecule has 0 aromatic rings. The first kappa shape index (κ1) is 8.31. The van der Waals surface area contributed by atoms with E-state index in [0.29, 0.717) is 12.0 Å². The second-order valence-corrected chi connectivity index (χ2v) is 4.48. The molecule has 2 fully saturated rings. The van der Waals surface area contributed by atoms with Gasteiger partial charge in [-0.05, 0) is 31.6 Å². The van der Waals surface area contributed by atoms with Crippen LogP contribution in [0, 0.1) is 17.8 Å². The van der Waals surface area contributed by atoms with E-state index in [1.165, 1.54) is 18.4 Å². The maximum Gasteiger partial charge on any atom is 0.0612 e. The number of hydrogen-bond acceptors (Lipinski definition) is 1. The molecule has 0 aromatic carbocycles. The summed E-state index contributed by atoms with van der Waals surface area (Å²) in [4.78, 5) is 0. The largest absolute Gasteiger partial charge is 0.378 e. The maximum atomic E-state index is 5.72. The van der Waals surface area contributed by atoms with Gasteiger partial charge >= 0.3 is 0 Å². The number of ether oxygens (including phenoxy) is 1. The Kier molecular flexibility index (Phi) is 1.99. The van der Waals surface area contributed by atoms with Crippen LogP contribution in [0.2, 0.25) is 0 Å². The Morgan fingerprint density at radius 2 is 2.17 bits per heavy atom. The molecular formula is C11H18O. The van der Waals surface area contributed by atoms with Crippen molar-refractivity contribution in [2.24, 2.45) is 17.8 Å². The highest BCUT2D eigenvalue weighted by atomic mass is 16.5. The first-order valence-corrected chi connectivity index (χ1v) is 4.97. The van der Waals surface area contributed by atoms with E-state index in [-0.39, 0.29) is 0 Å². The Bertz CT molecular complexity index is 197. The zero-order chi connectivity index (χ0) is 8.72. The van der Waals surface area contributed by atoms with Crippen molar-refractivity contribution in [1.82, 2.24) is 0 Å². The Balaban J connectivity index is 2.14. The topological polar surface area (TPSA) is 9.23 Å². The van der Waals surface area contributed by atoms with Gasteiger partial charge in [-0.1, -0.05) is 19.1 Å². The molecule has 68 valence electrons. The van der Waals surface area contributed by atoms with Crippen LogP contribution in [-0.4, -0.2) is 12.7 Å². The molecular weight excluding hydrogens is 148 g/mol. The lowest BCUT2D eigenvalue weighted by Gasteiger charge is -2.43. The molecule has 1 aliphatic heterocycles.